The number of thiazole rings is 1. The van der Waals surface area contributed by atoms with Crippen LogP contribution in [0.25, 0.3) is 0 Å². The number of amides is 1. The van der Waals surface area contributed by atoms with Crippen molar-refractivity contribution in [2.75, 3.05) is 39.4 Å². The van der Waals surface area contributed by atoms with Crippen LogP contribution in [0.4, 0.5) is 0 Å². The Balaban J connectivity index is 1.59. The Bertz CT molecular complexity index is 571. The minimum Gasteiger partial charge on any atom is -0.391 e. The van der Waals surface area contributed by atoms with Gasteiger partial charge in [-0.3, -0.25) is 9.69 Å². The van der Waals surface area contributed by atoms with Gasteiger partial charge in [-0.2, -0.15) is 0 Å². The highest BCUT2D eigenvalue weighted by Crippen LogP contribution is 2.22. The third-order valence-electron chi connectivity index (χ3n) is 5.01. The maximum absolute atomic E-state index is 12.7. The number of hydrogen-bond donors (Lipinski definition) is 1. The summed E-state index contributed by atoms with van der Waals surface area (Å²) in [6, 6.07) is 0.138. The molecule has 2 atom stereocenters. The van der Waals surface area contributed by atoms with Crippen molar-refractivity contribution >= 4 is 17.2 Å². The highest BCUT2D eigenvalue weighted by Gasteiger charge is 2.31. The number of carbonyl (C=O) groups excluding carboxylic acids is 1. The van der Waals surface area contributed by atoms with E-state index < -0.39 is 0 Å². The minimum absolute atomic E-state index is 0.138. The van der Waals surface area contributed by atoms with Gasteiger partial charge in [0, 0.05) is 37.1 Å². The number of rotatable bonds is 3. The largest absolute Gasteiger partial charge is 0.391 e. The lowest BCUT2D eigenvalue weighted by molar-refractivity contribution is -0.130. The Morgan fingerprint density at radius 2 is 1.96 bits per heavy atom. The second-order valence-electron chi connectivity index (χ2n) is 6.66. The van der Waals surface area contributed by atoms with E-state index >= 15 is 0 Å². The van der Waals surface area contributed by atoms with Gasteiger partial charge in [-0.15, -0.1) is 11.3 Å². The molecule has 0 spiro atoms. The summed E-state index contributed by atoms with van der Waals surface area (Å²) in [5.41, 5.74) is 0.965. The molecule has 0 aliphatic carbocycles. The average Bonchev–Trinajstić information content (AvgIpc) is 2.77. The van der Waals surface area contributed by atoms with Gasteiger partial charge in [0.05, 0.1) is 36.4 Å². The molecule has 0 unspecified atom stereocenters. The van der Waals surface area contributed by atoms with Crippen LogP contribution >= 0.6 is 11.3 Å². The molecular weight excluding hydrogens is 326 g/mol. The zero-order valence-corrected chi connectivity index (χ0v) is 15.3. The van der Waals surface area contributed by atoms with E-state index in [0.717, 1.165) is 54.8 Å². The molecule has 3 heterocycles. The van der Waals surface area contributed by atoms with Crippen LogP contribution in [0.15, 0.2) is 0 Å². The fourth-order valence-corrected chi connectivity index (χ4v) is 4.57. The Morgan fingerprint density at radius 3 is 2.62 bits per heavy atom. The number of aryl methyl sites for hydroxylation is 2. The van der Waals surface area contributed by atoms with Gasteiger partial charge in [-0.1, -0.05) is 0 Å². The zero-order chi connectivity index (χ0) is 17.1. The van der Waals surface area contributed by atoms with Crippen LogP contribution < -0.4 is 0 Å². The molecule has 1 aromatic heterocycles. The van der Waals surface area contributed by atoms with Crippen LogP contribution in [-0.2, 0) is 16.0 Å². The Kier molecular flexibility index (Phi) is 5.86. The van der Waals surface area contributed by atoms with E-state index in [9.17, 15) is 9.90 Å². The number of nitrogens with zero attached hydrogens (tertiary/aromatic N) is 3. The molecule has 0 saturated carbocycles. The number of aromatic nitrogens is 1. The summed E-state index contributed by atoms with van der Waals surface area (Å²) in [6.07, 6.45) is 1.53. The van der Waals surface area contributed by atoms with Gasteiger partial charge in [-0.05, 0) is 26.7 Å². The van der Waals surface area contributed by atoms with Crippen molar-refractivity contribution in [3.05, 3.63) is 15.6 Å². The first kappa shape index (κ1) is 17.8. The molecule has 3 rings (SSSR count). The molecule has 1 N–H and O–H groups in total. The molecule has 6 nitrogen and oxygen atoms in total. The van der Waals surface area contributed by atoms with Crippen molar-refractivity contribution < 1.29 is 14.6 Å². The van der Waals surface area contributed by atoms with Gasteiger partial charge in [-0.25, -0.2) is 4.98 Å². The standard InChI is InChI=1S/C17H27N3O3S/c1-12-16(24-13(2)18-12)11-17(22)20-5-3-14(15(21)4-6-20)19-7-9-23-10-8-19/h14-15,21H,3-11H2,1-2H3/t14-,15-/m0/s1. The molecular formula is C17H27N3O3S. The SMILES string of the molecule is Cc1nc(C)c(CC(=O)N2CC[C@H](O)[C@@H](N3CCOCC3)CC2)s1. The van der Waals surface area contributed by atoms with Gasteiger partial charge in [0.1, 0.15) is 0 Å². The molecule has 134 valence electrons. The second kappa shape index (κ2) is 7.91. The van der Waals surface area contributed by atoms with E-state index in [4.69, 9.17) is 4.74 Å². The maximum Gasteiger partial charge on any atom is 0.227 e. The summed E-state index contributed by atoms with van der Waals surface area (Å²) in [4.78, 5) is 22.4. The topological polar surface area (TPSA) is 65.9 Å². The van der Waals surface area contributed by atoms with E-state index in [-0.39, 0.29) is 18.1 Å². The van der Waals surface area contributed by atoms with Crippen molar-refractivity contribution in [1.82, 2.24) is 14.8 Å². The lowest BCUT2D eigenvalue weighted by Gasteiger charge is -2.36. The molecule has 7 heteroatoms. The van der Waals surface area contributed by atoms with Crippen LogP contribution in [0, 0.1) is 13.8 Å². The molecule has 1 aromatic rings. The summed E-state index contributed by atoms with van der Waals surface area (Å²) in [5, 5.41) is 11.5. The quantitative estimate of drug-likeness (QED) is 0.878. The summed E-state index contributed by atoms with van der Waals surface area (Å²) >= 11 is 1.61. The smallest absolute Gasteiger partial charge is 0.227 e. The lowest BCUT2D eigenvalue weighted by atomic mass is 10.0. The number of aliphatic hydroxyl groups is 1. The zero-order valence-electron chi connectivity index (χ0n) is 14.5. The fourth-order valence-electron chi connectivity index (χ4n) is 3.64. The third kappa shape index (κ3) is 4.14. The Morgan fingerprint density at radius 1 is 1.25 bits per heavy atom. The van der Waals surface area contributed by atoms with Crippen LogP contribution in [0.1, 0.15) is 28.4 Å². The molecule has 2 aliphatic heterocycles. The molecule has 1 amide bonds. The molecule has 24 heavy (non-hydrogen) atoms. The molecule has 0 bridgehead atoms. The van der Waals surface area contributed by atoms with E-state index in [2.05, 4.69) is 9.88 Å². The van der Waals surface area contributed by atoms with Gasteiger partial charge >= 0.3 is 0 Å². The molecule has 2 fully saturated rings. The van der Waals surface area contributed by atoms with Gasteiger partial charge < -0.3 is 14.7 Å². The van der Waals surface area contributed by atoms with Crippen molar-refractivity contribution in [2.45, 2.75) is 45.3 Å². The van der Waals surface area contributed by atoms with E-state index in [1.54, 1.807) is 11.3 Å². The van der Waals surface area contributed by atoms with Gasteiger partial charge in [0.15, 0.2) is 0 Å². The van der Waals surface area contributed by atoms with E-state index in [1.807, 2.05) is 18.7 Å². The van der Waals surface area contributed by atoms with Gasteiger partial charge in [0.2, 0.25) is 5.91 Å². The van der Waals surface area contributed by atoms with E-state index in [1.165, 1.54) is 0 Å². The first-order valence-electron chi connectivity index (χ1n) is 8.75. The first-order valence-corrected chi connectivity index (χ1v) is 9.57. The number of carbonyl (C=O) groups is 1. The highest BCUT2D eigenvalue weighted by molar-refractivity contribution is 7.11. The molecule has 0 radical (unpaired) electrons. The predicted molar refractivity (Wildman–Crippen MR) is 93.3 cm³/mol. The van der Waals surface area contributed by atoms with Crippen LogP contribution in [0.2, 0.25) is 0 Å². The summed E-state index contributed by atoms with van der Waals surface area (Å²) in [6.45, 7) is 8.50. The van der Waals surface area contributed by atoms with Crippen molar-refractivity contribution in [2.24, 2.45) is 0 Å². The van der Waals surface area contributed by atoms with Crippen molar-refractivity contribution in [1.29, 1.82) is 0 Å². The minimum atomic E-state index is -0.367. The van der Waals surface area contributed by atoms with Crippen LogP contribution in [0.5, 0.6) is 0 Å². The number of aliphatic hydroxyl groups excluding tert-OH is 1. The number of ether oxygens (including phenoxy) is 1. The second-order valence-corrected chi connectivity index (χ2v) is 7.95. The molecule has 2 aliphatic rings. The summed E-state index contributed by atoms with van der Waals surface area (Å²) in [7, 11) is 0. The molecule has 2 saturated heterocycles. The van der Waals surface area contributed by atoms with Crippen molar-refractivity contribution in [3.63, 3.8) is 0 Å². The Hall–Kier alpha value is -1.02. The lowest BCUT2D eigenvalue weighted by Crippen LogP contribution is -2.49. The van der Waals surface area contributed by atoms with E-state index in [0.29, 0.717) is 19.4 Å². The maximum atomic E-state index is 12.7. The number of likely N-dealkylation sites (tertiary alicyclic amines) is 1. The average molecular weight is 353 g/mol. The summed E-state index contributed by atoms with van der Waals surface area (Å²) in [5.74, 6) is 0.150. The fraction of sp³-hybridized carbons (Fsp3) is 0.765. The highest BCUT2D eigenvalue weighted by atomic mass is 32.1. The number of morpholine rings is 1. The van der Waals surface area contributed by atoms with Gasteiger partial charge in [0.25, 0.3) is 0 Å². The van der Waals surface area contributed by atoms with Crippen LogP contribution in [-0.4, -0.2) is 77.3 Å². The first-order chi connectivity index (χ1) is 11.5. The predicted octanol–water partition coefficient (Wildman–Crippen LogP) is 0.987. The normalized spacial score (nSPS) is 26.4. The number of hydrogen-bond acceptors (Lipinski definition) is 6. The Labute approximate surface area is 147 Å². The molecule has 0 aromatic carbocycles. The monoisotopic (exact) mass is 353 g/mol. The van der Waals surface area contributed by atoms with Crippen LogP contribution in [0.3, 0.4) is 0 Å². The summed E-state index contributed by atoms with van der Waals surface area (Å²) < 4.78 is 5.40. The van der Waals surface area contributed by atoms with Crippen molar-refractivity contribution in [3.8, 4) is 0 Å². The third-order valence-corrected chi connectivity index (χ3v) is 6.09.